The predicted molar refractivity (Wildman–Crippen MR) is 65.6 cm³/mol. The molecule has 0 saturated heterocycles. The highest BCUT2D eigenvalue weighted by molar-refractivity contribution is 6.34. The van der Waals surface area contributed by atoms with Crippen molar-refractivity contribution in [1.29, 1.82) is 0 Å². The standard InChI is InChI=1S/C12H15ClN2O/c1-12(6-3-7-12)15-11(16)10-8(13)4-2-5-9(10)14/h2,4-5H,3,6-7,14H2,1H3,(H,15,16). The third-order valence-electron chi connectivity index (χ3n) is 3.15. The third-order valence-corrected chi connectivity index (χ3v) is 3.46. The smallest absolute Gasteiger partial charge is 0.255 e. The molecule has 1 aliphatic rings. The Morgan fingerprint density at radius 2 is 2.19 bits per heavy atom. The summed E-state index contributed by atoms with van der Waals surface area (Å²) in [6, 6.07) is 5.10. The number of anilines is 1. The Labute approximate surface area is 100.0 Å². The Hall–Kier alpha value is -1.22. The minimum atomic E-state index is -0.176. The monoisotopic (exact) mass is 238 g/mol. The van der Waals surface area contributed by atoms with Crippen molar-refractivity contribution in [3.8, 4) is 0 Å². The van der Waals surface area contributed by atoms with Crippen molar-refractivity contribution < 1.29 is 4.79 Å². The van der Waals surface area contributed by atoms with Crippen molar-refractivity contribution >= 4 is 23.2 Å². The van der Waals surface area contributed by atoms with Crippen LogP contribution in [0.3, 0.4) is 0 Å². The average molecular weight is 239 g/mol. The van der Waals surface area contributed by atoms with Gasteiger partial charge in [0.05, 0.1) is 10.6 Å². The first-order chi connectivity index (χ1) is 7.52. The van der Waals surface area contributed by atoms with Crippen molar-refractivity contribution in [2.45, 2.75) is 31.7 Å². The maximum Gasteiger partial charge on any atom is 0.255 e. The summed E-state index contributed by atoms with van der Waals surface area (Å²) in [6.45, 7) is 2.04. The Morgan fingerprint density at radius 1 is 1.50 bits per heavy atom. The first kappa shape index (κ1) is 11.3. The SMILES string of the molecule is CC1(NC(=O)c2c(N)cccc2Cl)CCC1. The van der Waals surface area contributed by atoms with E-state index in [1.807, 2.05) is 6.92 Å². The Morgan fingerprint density at radius 3 is 2.69 bits per heavy atom. The zero-order chi connectivity index (χ0) is 11.8. The van der Waals surface area contributed by atoms with Gasteiger partial charge in [0.1, 0.15) is 0 Å². The molecule has 0 atom stereocenters. The fourth-order valence-electron chi connectivity index (χ4n) is 1.95. The highest BCUT2D eigenvalue weighted by Crippen LogP contribution is 2.32. The van der Waals surface area contributed by atoms with Gasteiger partial charge in [-0.3, -0.25) is 4.79 Å². The fourth-order valence-corrected chi connectivity index (χ4v) is 2.22. The molecule has 0 aromatic heterocycles. The minimum absolute atomic E-state index is 0.0807. The summed E-state index contributed by atoms with van der Waals surface area (Å²) in [6.07, 6.45) is 3.20. The molecule has 1 fully saturated rings. The average Bonchev–Trinajstić information content (AvgIpc) is 2.15. The van der Waals surface area contributed by atoms with E-state index in [0.717, 1.165) is 19.3 Å². The number of benzene rings is 1. The summed E-state index contributed by atoms with van der Waals surface area (Å²) in [5, 5.41) is 3.39. The molecule has 0 spiro atoms. The van der Waals surface area contributed by atoms with Gasteiger partial charge in [-0.15, -0.1) is 0 Å². The number of hydrogen-bond acceptors (Lipinski definition) is 2. The summed E-state index contributed by atoms with van der Waals surface area (Å²) in [7, 11) is 0. The summed E-state index contributed by atoms with van der Waals surface area (Å²) >= 11 is 5.97. The first-order valence-corrected chi connectivity index (χ1v) is 5.76. The van der Waals surface area contributed by atoms with Crippen LogP contribution in [0.1, 0.15) is 36.5 Å². The summed E-state index contributed by atoms with van der Waals surface area (Å²) in [4.78, 5) is 12.0. The van der Waals surface area contributed by atoms with Gasteiger partial charge in [-0.1, -0.05) is 17.7 Å². The van der Waals surface area contributed by atoms with E-state index in [9.17, 15) is 4.79 Å². The fraction of sp³-hybridized carbons (Fsp3) is 0.417. The molecule has 1 amide bonds. The second-order valence-electron chi connectivity index (χ2n) is 4.57. The van der Waals surface area contributed by atoms with Crippen LogP contribution in [-0.4, -0.2) is 11.4 Å². The lowest BCUT2D eigenvalue weighted by Crippen LogP contribution is -2.51. The Balaban J connectivity index is 2.20. The molecule has 1 aromatic carbocycles. The Kier molecular flexibility index (Phi) is 2.80. The third kappa shape index (κ3) is 2.00. The molecule has 16 heavy (non-hydrogen) atoms. The Bertz CT molecular complexity index is 407. The van der Waals surface area contributed by atoms with Gasteiger partial charge in [0.2, 0.25) is 0 Å². The van der Waals surface area contributed by atoms with Crippen LogP contribution in [0.15, 0.2) is 18.2 Å². The highest BCUT2D eigenvalue weighted by atomic mass is 35.5. The van der Waals surface area contributed by atoms with Crippen molar-refractivity contribution in [2.75, 3.05) is 5.73 Å². The molecule has 0 aliphatic heterocycles. The topological polar surface area (TPSA) is 55.1 Å². The lowest BCUT2D eigenvalue weighted by molar-refractivity contribution is 0.0851. The lowest BCUT2D eigenvalue weighted by Gasteiger charge is -2.39. The van der Waals surface area contributed by atoms with Crippen LogP contribution >= 0.6 is 11.6 Å². The second kappa shape index (κ2) is 3.98. The van der Waals surface area contributed by atoms with Gasteiger partial charge in [-0.25, -0.2) is 0 Å². The maximum atomic E-state index is 12.0. The number of hydrogen-bond donors (Lipinski definition) is 2. The van der Waals surface area contributed by atoms with Gasteiger partial charge in [0.25, 0.3) is 5.91 Å². The number of halogens is 1. The largest absolute Gasteiger partial charge is 0.398 e. The second-order valence-corrected chi connectivity index (χ2v) is 4.98. The van der Waals surface area contributed by atoms with Crippen molar-refractivity contribution in [3.05, 3.63) is 28.8 Å². The quantitative estimate of drug-likeness (QED) is 0.779. The summed E-state index contributed by atoms with van der Waals surface area (Å²) in [5.41, 5.74) is 6.49. The summed E-state index contributed by atoms with van der Waals surface area (Å²) in [5.74, 6) is -0.176. The normalized spacial score (nSPS) is 17.6. The lowest BCUT2D eigenvalue weighted by atomic mass is 9.78. The van der Waals surface area contributed by atoms with Crippen LogP contribution in [0.2, 0.25) is 5.02 Å². The van der Waals surface area contributed by atoms with Gasteiger partial charge in [-0.05, 0) is 38.3 Å². The molecule has 3 N–H and O–H groups in total. The van der Waals surface area contributed by atoms with Crippen LogP contribution in [0.4, 0.5) is 5.69 Å². The van der Waals surface area contributed by atoms with Crippen LogP contribution in [0, 0.1) is 0 Å². The number of amides is 1. The zero-order valence-electron chi connectivity index (χ0n) is 9.22. The molecule has 0 unspecified atom stereocenters. The number of carbonyl (C=O) groups excluding carboxylic acids is 1. The molecule has 4 heteroatoms. The van der Waals surface area contributed by atoms with Crippen LogP contribution < -0.4 is 11.1 Å². The molecule has 0 bridgehead atoms. The molecular formula is C12H15ClN2O. The van der Waals surface area contributed by atoms with E-state index in [1.165, 1.54) is 0 Å². The first-order valence-electron chi connectivity index (χ1n) is 5.38. The molecule has 1 saturated carbocycles. The molecule has 86 valence electrons. The van der Waals surface area contributed by atoms with E-state index < -0.39 is 0 Å². The zero-order valence-corrected chi connectivity index (χ0v) is 9.97. The van der Waals surface area contributed by atoms with E-state index in [1.54, 1.807) is 18.2 Å². The predicted octanol–water partition coefficient (Wildman–Crippen LogP) is 2.59. The van der Waals surface area contributed by atoms with E-state index in [0.29, 0.717) is 16.3 Å². The van der Waals surface area contributed by atoms with Crippen LogP contribution in [0.25, 0.3) is 0 Å². The van der Waals surface area contributed by atoms with Crippen LogP contribution in [0.5, 0.6) is 0 Å². The molecule has 0 radical (unpaired) electrons. The number of nitrogens with one attached hydrogen (secondary N) is 1. The molecule has 1 aromatic rings. The van der Waals surface area contributed by atoms with Gasteiger partial charge in [0, 0.05) is 11.2 Å². The highest BCUT2D eigenvalue weighted by Gasteiger charge is 2.34. The van der Waals surface area contributed by atoms with Gasteiger partial charge in [0.15, 0.2) is 0 Å². The van der Waals surface area contributed by atoms with Gasteiger partial charge in [-0.2, -0.15) is 0 Å². The van der Waals surface area contributed by atoms with Crippen molar-refractivity contribution in [3.63, 3.8) is 0 Å². The molecule has 2 rings (SSSR count). The molecule has 0 heterocycles. The molecule has 1 aliphatic carbocycles. The number of nitrogen functional groups attached to an aromatic ring is 1. The van der Waals surface area contributed by atoms with Gasteiger partial charge < -0.3 is 11.1 Å². The van der Waals surface area contributed by atoms with Crippen LogP contribution in [-0.2, 0) is 0 Å². The number of rotatable bonds is 2. The number of nitrogens with two attached hydrogens (primary N) is 1. The van der Waals surface area contributed by atoms with Crippen molar-refractivity contribution in [2.24, 2.45) is 0 Å². The number of carbonyl (C=O) groups is 1. The summed E-state index contributed by atoms with van der Waals surface area (Å²) < 4.78 is 0. The van der Waals surface area contributed by atoms with E-state index in [2.05, 4.69) is 5.32 Å². The minimum Gasteiger partial charge on any atom is -0.398 e. The van der Waals surface area contributed by atoms with E-state index >= 15 is 0 Å². The van der Waals surface area contributed by atoms with Crippen molar-refractivity contribution in [1.82, 2.24) is 5.32 Å². The maximum absolute atomic E-state index is 12.0. The molecular weight excluding hydrogens is 224 g/mol. The van der Waals surface area contributed by atoms with E-state index in [-0.39, 0.29) is 11.4 Å². The van der Waals surface area contributed by atoms with E-state index in [4.69, 9.17) is 17.3 Å². The van der Waals surface area contributed by atoms with Gasteiger partial charge >= 0.3 is 0 Å². The molecule has 3 nitrogen and oxygen atoms in total.